The van der Waals surface area contributed by atoms with Crippen LogP contribution in [0.1, 0.15) is 33.1 Å². The zero-order valence-corrected chi connectivity index (χ0v) is 14.5. The first-order valence-electron chi connectivity index (χ1n) is 7.90. The molecular formula is C19H18N4O3. The standard InChI is InChI=1S/C19H18N4O3/c1-13-10-14(2)23-17(22-13)8-5-9-20-18(25)19(26)21-11-15-6-3-4-7-16(15)12-24/h3-4,6-7,10,12H,9,11H2,1-2H3,(H,20,25)(H,21,26). The van der Waals surface area contributed by atoms with Crippen LogP contribution in [-0.2, 0) is 16.1 Å². The van der Waals surface area contributed by atoms with Crippen molar-refractivity contribution in [2.45, 2.75) is 20.4 Å². The first-order valence-corrected chi connectivity index (χ1v) is 7.90. The van der Waals surface area contributed by atoms with Gasteiger partial charge in [0.2, 0.25) is 5.82 Å². The van der Waals surface area contributed by atoms with Gasteiger partial charge in [0.1, 0.15) is 6.29 Å². The molecular weight excluding hydrogens is 332 g/mol. The lowest BCUT2D eigenvalue weighted by molar-refractivity contribution is -0.139. The molecule has 0 radical (unpaired) electrons. The topological polar surface area (TPSA) is 101 Å². The molecule has 7 nitrogen and oxygen atoms in total. The zero-order valence-electron chi connectivity index (χ0n) is 14.5. The molecule has 1 aromatic heterocycles. The second-order valence-corrected chi connectivity index (χ2v) is 5.46. The van der Waals surface area contributed by atoms with Crippen LogP contribution in [0.15, 0.2) is 30.3 Å². The summed E-state index contributed by atoms with van der Waals surface area (Å²) < 4.78 is 0. The second kappa shape index (κ2) is 9.08. The van der Waals surface area contributed by atoms with Gasteiger partial charge in [-0.25, -0.2) is 9.97 Å². The highest BCUT2D eigenvalue weighted by atomic mass is 16.2. The van der Waals surface area contributed by atoms with E-state index in [0.29, 0.717) is 23.2 Å². The SMILES string of the molecule is Cc1cc(C)nc(C#CCNC(=O)C(=O)NCc2ccccc2C=O)n1. The highest BCUT2D eigenvalue weighted by molar-refractivity contribution is 6.35. The summed E-state index contributed by atoms with van der Waals surface area (Å²) in [6, 6.07) is 8.65. The van der Waals surface area contributed by atoms with Crippen molar-refractivity contribution in [3.05, 3.63) is 58.7 Å². The average Bonchev–Trinajstić information content (AvgIpc) is 2.62. The highest BCUT2D eigenvalue weighted by Crippen LogP contribution is 2.05. The summed E-state index contributed by atoms with van der Waals surface area (Å²) in [6.07, 6.45) is 0.701. The summed E-state index contributed by atoms with van der Waals surface area (Å²) in [5, 5.41) is 4.86. The number of aldehydes is 1. The van der Waals surface area contributed by atoms with Crippen LogP contribution < -0.4 is 10.6 Å². The minimum Gasteiger partial charge on any atom is -0.344 e. The lowest BCUT2D eigenvalue weighted by Gasteiger charge is -2.06. The van der Waals surface area contributed by atoms with E-state index in [2.05, 4.69) is 32.4 Å². The van der Waals surface area contributed by atoms with Crippen LogP contribution in [0.4, 0.5) is 0 Å². The summed E-state index contributed by atoms with van der Waals surface area (Å²) in [7, 11) is 0. The van der Waals surface area contributed by atoms with Gasteiger partial charge >= 0.3 is 11.8 Å². The number of nitrogens with zero attached hydrogens (tertiary/aromatic N) is 2. The van der Waals surface area contributed by atoms with E-state index in [4.69, 9.17) is 0 Å². The van der Waals surface area contributed by atoms with Crippen molar-refractivity contribution in [1.82, 2.24) is 20.6 Å². The summed E-state index contributed by atoms with van der Waals surface area (Å²) in [5.41, 5.74) is 2.71. The number of benzene rings is 1. The number of nitrogens with one attached hydrogen (secondary N) is 2. The molecule has 2 amide bonds. The Hall–Kier alpha value is -3.53. The van der Waals surface area contributed by atoms with Crippen LogP contribution in [0.25, 0.3) is 0 Å². The maximum Gasteiger partial charge on any atom is 0.310 e. The molecule has 0 aliphatic carbocycles. The predicted octanol–water partition coefficient (Wildman–Crippen LogP) is 0.690. The van der Waals surface area contributed by atoms with Crippen LogP contribution in [-0.4, -0.2) is 34.6 Å². The van der Waals surface area contributed by atoms with Gasteiger partial charge in [0.15, 0.2) is 0 Å². The van der Waals surface area contributed by atoms with Gasteiger partial charge in [0.25, 0.3) is 0 Å². The molecule has 0 atom stereocenters. The zero-order chi connectivity index (χ0) is 18.9. The molecule has 7 heteroatoms. The smallest absolute Gasteiger partial charge is 0.310 e. The molecule has 0 spiro atoms. The minimum atomic E-state index is -0.802. The first kappa shape index (κ1) is 18.8. The van der Waals surface area contributed by atoms with Crippen LogP contribution in [0.3, 0.4) is 0 Å². The Morgan fingerprint density at radius 3 is 2.42 bits per heavy atom. The highest BCUT2D eigenvalue weighted by Gasteiger charge is 2.12. The van der Waals surface area contributed by atoms with E-state index >= 15 is 0 Å². The van der Waals surface area contributed by atoms with E-state index in [1.165, 1.54) is 0 Å². The van der Waals surface area contributed by atoms with Gasteiger partial charge in [-0.2, -0.15) is 0 Å². The Balaban J connectivity index is 1.83. The second-order valence-electron chi connectivity index (χ2n) is 5.46. The van der Waals surface area contributed by atoms with Crippen molar-refractivity contribution in [2.24, 2.45) is 0 Å². The Labute approximate surface area is 151 Å². The fraction of sp³-hybridized carbons (Fsp3) is 0.211. The van der Waals surface area contributed by atoms with Gasteiger partial charge in [-0.1, -0.05) is 30.2 Å². The van der Waals surface area contributed by atoms with E-state index < -0.39 is 11.8 Å². The van der Waals surface area contributed by atoms with Gasteiger partial charge in [0, 0.05) is 23.5 Å². The molecule has 1 heterocycles. The molecule has 2 N–H and O–H groups in total. The van der Waals surface area contributed by atoms with E-state index in [9.17, 15) is 14.4 Å². The number of carbonyl (C=O) groups is 3. The number of aryl methyl sites for hydroxylation is 2. The molecule has 1 aromatic carbocycles. The molecule has 0 saturated heterocycles. The van der Waals surface area contributed by atoms with Gasteiger partial charge < -0.3 is 10.6 Å². The Morgan fingerprint density at radius 1 is 1.08 bits per heavy atom. The van der Waals surface area contributed by atoms with Crippen LogP contribution in [0, 0.1) is 25.7 Å². The van der Waals surface area contributed by atoms with Crippen molar-refractivity contribution < 1.29 is 14.4 Å². The van der Waals surface area contributed by atoms with Crippen molar-refractivity contribution in [3.8, 4) is 11.8 Å². The van der Waals surface area contributed by atoms with Crippen LogP contribution in [0.2, 0.25) is 0 Å². The van der Waals surface area contributed by atoms with Crippen LogP contribution in [0.5, 0.6) is 0 Å². The average molecular weight is 350 g/mol. The fourth-order valence-electron chi connectivity index (χ4n) is 2.18. The van der Waals surface area contributed by atoms with E-state index in [-0.39, 0.29) is 13.1 Å². The molecule has 0 aliphatic heterocycles. The summed E-state index contributed by atoms with van der Waals surface area (Å²) in [4.78, 5) is 42.8. The Morgan fingerprint density at radius 2 is 1.73 bits per heavy atom. The number of rotatable bonds is 4. The molecule has 0 fully saturated rings. The van der Waals surface area contributed by atoms with E-state index in [1.54, 1.807) is 24.3 Å². The Kier molecular flexibility index (Phi) is 6.57. The molecule has 2 aromatic rings. The van der Waals surface area contributed by atoms with Gasteiger partial charge in [0.05, 0.1) is 6.54 Å². The largest absolute Gasteiger partial charge is 0.344 e. The molecule has 0 unspecified atom stereocenters. The van der Waals surface area contributed by atoms with E-state index in [1.807, 2.05) is 19.9 Å². The first-order chi connectivity index (χ1) is 12.5. The monoisotopic (exact) mass is 350 g/mol. The lowest BCUT2D eigenvalue weighted by Crippen LogP contribution is -2.39. The van der Waals surface area contributed by atoms with Gasteiger partial charge in [-0.3, -0.25) is 14.4 Å². The van der Waals surface area contributed by atoms with Crippen molar-refractivity contribution in [1.29, 1.82) is 0 Å². The quantitative estimate of drug-likeness (QED) is 0.480. The predicted molar refractivity (Wildman–Crippen MR) is 95.1 cm³/mol. The normalized spacial score (nSPS) is 9.62. The molecule has 0 saturated carbocycles. The number of amides is 2. The number of hydrogen-bond donors (Lipinski definition) is 2. The van der Waals surface area contributed by atoms with Gasteiger partial charge in [-0.05, 0) is 31.4 Å². The van der Waals surface area contributed by atoms with E-state index in [0.717, 1.165) is 11.4 Å². The maximum atomic E-state index is 11.8. The lowest BCUT2D eigenvalue weighted by atomic mass is 10.1. The molecule has 0 bridgehead atoms. The third kappa shape index (κ3) is 5.53. The summed E-state index contributed by atoms with van der Waals surface area (Å²) in [6.45, 7) is 3.76. The number of carbonyl (C=O) groups excluding carboxylic acids is 3. The molecule has 2 rings (SSSR count). The molecule has 132 valence electrons. The molecule has 0 aliphatic rings. The summed E-state index contributed by atoms with van der Waals surface area (Å²) >= 11 is 0. The van der Waals surface area contributed by atoms with Crippen molar-refractivity contribution >= 4 is 18.1 Å². The van der Waals surface area contributed by atoms with Gasteiger partial charge in [-0.15, -0.1) is 0 Å². The van der Waals surface area contributed by atoms with Crippen LogP contribution >= 0.6 is 0 Å². The van der Waals surface area contributed by atoms with Crippen molar-refractivity contribution in [3.63, 3.8) is 0 Å². The maximum absolute atomic E-state index is 11.8. The number of hydrogen-bond acceptors (Lipinski definition) is 5. The fourth-order valence-corrected chi connectivity index (χ4v) is 2.18. The Bertz CT molecular complexity index is 877. The third-order valence-electron chi connectivity index (χ3n) is 3.35. The number of aromatic nitrogens is 2. The summed E-state index contributed by atoms with van der Waals surface area (Å²) in [5.74, 6) is 4.21. The molecule has 26 heavy (non-hydrogen) atoms. The third-order valence-corrected chi connectivity index (χ3v) is 3.35. The minimum absolute atomic E-state index is 0.00642. The van der Waals surface area contributed by atoms with Crippen molar-refractivity contribution in [2.75, 3.05) is 6.54 Å².